The molecule has 3 aromatic rings. The summed E-state index contributed by atoms with van der Waals surface area (Å²) >= 11 is 0. The smallest absolute Gasteiger partial charge is 0.332 e. The fourth-order valence-corrected chi connectivity index (χ4v) is 3.24. The van der Waals surface area contributed by atoms with Crippen LogP contribution in [0.2, 0.25) is 0 Å². The lowest BCUT2D eigenvalue weighted by Crippen LogP contribution is -2.27. The number of pyridine rings is 1. The molecule has 1 aromatic carbocycles. The molecule has 7 nitrogen and oxygen atoms in total. The Morgan fingerprint density at radius 3 is 2.76 bits per heavy atom. The second-order valence-electron chi connectivity index (χ2n) is 6.80. The third-order valence-corrected chi connectivity index (χ3v) is 4.39. The SMILES string of the molecule is CCOC(=O)/C=C(\C)NC(=O)Cn1nc(C)c2c(-c3cccc(C)c3)ccnc21. The number of nitrogens with one attached hydrogen (secondary N) is 1. The standard InChI is InChI=1S/C22H24N4O3/c1-5-29-20(28)12-15(3)24-19(27)13-26-22-21(16(4)25-26)18(9-10-23-22)17-8-6-7-14(2)11-17/h6-12H,5,13H2,1-4H3,(H,24,27)/b15-12+. The first-order valence-corrected chi connectivity index (χ1v) is 9.43. The summed E-state index contributed by atoms with van der Waals surface area (Å²) in [6.45, 7) is 7.59. The van der Waals surface area contributed by atoms with Gasteiger partial charge in [0.2, 0.25) is 5.91 Å². The molecule has 1 amide bonds. The van der Waals surface area contributed by atoms with E-state index in [1.807, 2.05) is 19.1 Å². The number of carbonyl (C=O) groups is 2. The van der Waals surface area contributed by atoms with E-state index in [9.17, 15) is 9.59 Å². The first-order chi connectivity index (χ1) is 13.9. The Morgan fingerprint density at radius 2 is 2.03 bits per heavy atom. The molecule has 2 heterocycles. The first kappa shape index (κ1) is 20.3. The fraction of sp³-hybridized carbons (Fsp3) is 0.273. The molecule has 0 saturated heterocycles. The van der Waals surface area contributed by atoms with Crippen molar-refractivity contribution >= 4 is 22.9 Å². The molecule has 150 valence electrons. The van der Waals surface area contributed by atoms with Crippen LogP contribution in [0.1, 0.15) is 25.1 Å². The van der Waals surface area contributed by atoms with E-state index in [-0.39, 0.29) is 19.1 Å². The molecule has 0 aliphatic carbocycles. The van der Waals surface area contributed by atoms with Crippen molar-refractivity contribution < 1.29 is 14.3 Å². The highest BCUT2D eigenvalue weighted by atomic mass is 16.5. The van der Waals surface area contributed by atoms with E-state index in [0.717, 1.165) is 22.2 Å². The summed E-state index contributed by atoms with van der Waals surface area (Å²) in [6, 6.07) is 10.2. The van der Waals surface area contributed by atoms with Gasteiger partial charge in [-0.05, 0) is 44.9 Å². The maximum Gasteiger partial charge on any atom is 0.332 e. The Kier molecular flexibility index (Phi) is 6.07. The van der Waals surface area contributed by atoms with Crippen molar-refractivity contribution in [2.24, 2.45) is 0 Å². The highest BCUT2D eigenvalue weighted by Crippen LogP contribution is 2.30. The van der Waals surface area contributed by atoms with E-state index in [2.05, 4.69) is 40.5 Å². The van der Waals surface area contributed by atoms with Gasteiger partial charge in [-0.2, -0.15) is 5.10 Å². The van der Waals surface area contributed by atoms with Gasteiger partial charge < -0.3 is 10.1 Å². The van der Waals surface area contributed by atoms with Gasteiger partial charge in [0, 0.05) is 23.4 Å². The minimum Gasteiger partial charge on any atom is -0.463 e. The number of ether oxygens (including phenoxy) is 1. The molecule has 2 aromatic heterocycles. The van der Waals surface area contributed by atoms with Crippen molar-refractivity contribution in [1.82, 2.24) is 20.1 Å². The van der Waals surface area contributed by atoms with Crippen molar-refractivity contribution in [3.63, 3.8) is 0 Å². The molecular formula is C22H24N4O3. The summed E-state index contributed by atoms with van der Waals surface area (Å²) in [4.78, 5) is 28.4. The van der Waals surface area contributed by atoms with Crippen LogP contribution < -0.4 is 5.32 Å². The van der Waals surface area contributed by atoms with E-state index in [4.69, 9.17) is 4.74 Å². The maximum atomic E-state index is 12.4. The zero-order chi connectivity index (χ0) is 21.0. The first-order valence-electron chi connectivity index (χ1n) is 9.43. The molecule has 0 bridgehead atoms. The Morgan fingerprint density at radius 1 is 1.24 bits per heavy atom. The quantitative estimate of drug-likeness (QED) is 0.514. The van der Waals surface area contributed by atoms with Crippen LogP contribution >= 0.6 is 0 Å². The van der Waals surface area contributed by atoms with E-state index in [1.165, 1.54) is 11.6 Å². The average molecular weight is 392 g/mol. The summed E-state index contributed by atoms with van der Waals surface area (Å²) in [5.74, 6) is -0.787. The third kappa shape index (κ3) is 4.68. The predicted molar refractivity (Wildman–Crippen MR) is 111 cm³/mol. The van der Waals surface area contributed by atoms with E-state index in [1.54, 1.807) is 24.7 Å². The van der Waals surface area contributed by atoms with Crippen LogP contribution in [0.4, 0.5) is 0 Å². The number of aryl methyl sites for hydroxylation is 2. The second kappa shape index (κ2) is 8.68. The summed E-state index contributed by atoms with van der Waals surface area (Å²) in [5.41, 5.74) is 5.13. The fourth-order valence-electron chi connectivity index (χ4n) is 3.24. The lowest BCUT2D eigenvalue weighted by atomic mass is 10.0. The molecule has 0 unspecified atom stereocenters. The third-order valence-electron chi connectivity index (χ3n) is 4.39. The molecule has 29 heavy (non-hydrogen) atoms. The van der Waals surface area contributed by atoms with Crippen LogP contribution in [0, 0.1) is 13.8 Å². The molecule has 0 saturated carbocycles. The lowest BCUT2D eigenvalue weighted by Gasteiger charge is -2.07. The Hall–Kier alpha value is -3.48. The topological polar surface area (TPSA) is 86.1 Å². The molecule has 0 aliphatic rings. The summed E-state index contributed by atoms with van der Waals surface area (Å²) in [5, 5.41) is 8.12. The molecule has 3 rings (SSSR count). The molecular weight excluding hydrogens is 368 g/mol. The van der Waals surface area contributed by atoms with Crippen molar-refractivity contribution in [3.05, 3.63) is 59.6 Å². The number of esters is 1. The van der Waals surface area contributed by atoms with Gasteiger partial charge in [0.15, 0.2) is 5.65 Å². The zero-order valence-electron chi connectivity index (χ0n) is 17.0. The maximum absolute atomic E-state index is 12.4. The number of aromatic nitrogens is 3. The van der Waals surface area contributed by atoms with Gasteiger partial charge in [-0.15, -0.1) is 0 Å². The van der Waals surface area contributed by atoms with Gasteiger partial charge >= 0.3 is 5.97 Å². The van der Waals surface area contributed by atoms with Crippen LogP contribution in [-0.2, 0) is 20.9 Å². The predicted octanol–water partition coefficient (Wildman–Crippen LogP) is 3.30. The second-order valence-corrected chi connectivity index (χ2v) is 6.80. The van der Waals surface area contributed by atoms with Crippen LogP contribution in [-0.4, -0.2) is 33.2 Å². The van der Waals surface area contributed by atoms with Gasteiger partial charge in [0.25, 0.3) is 0 Å². The minimum absolute atomic E-state index is 0.0113. The van der Waals surface area contributed by atoms with Crippen LogP contribution in [0.3, 0.4) is 0 Å². The van der Waals surface area contributed by atoms with Crippen molar-refractivity contribution in [1.29, 1.82) is 0 Å². The number of rotatable bonds is 6. The van der Waals surface area contributed by atoms with Crippen LogP contribution in [0.15, 0.2) is 48.3 Å². The number of hydrogen-bond donors (Lipinski definition) is 1. The van der Waals surface area contributed by atoms with E-state index < -0.39 is 5.97 Å². The largest absolute Gasteiger partial charge is 0.463 e. The Labute approximate surface area is 169 Å². The van der Waals surface area contributed by atoms with Gasteiger partial charge in [0.1, 0.15) is 6.54 Å². The van der Waals surface area contributed by atoms with Crippen LogP contribution in [0.5, 0.6) is 0 Å². The highest BCUT2D eigenvalue weighted by molar-refractivity contribution is 5.95. The number of amides is 1. The average Bonchev–Trinajstić information content (AvgIpc) is 2.97. The normalized spacial score (nSPS) is 11.5. The van der Waals surface area contributed by atoms with Crippen molar-refractivity contribution in [2.75, 3.05) is 6.61 Å². The minimum atomic E-state index is -0.491. The van der Waals surface area contributed by atoms with E-state index >= 15 is 0 Å². The Balaban J connectivity index is 1.87. The summed E-state index contributed by atoms with van der Waals surface area (Å²) < 4.78 is 6.42. The molecule has 0 atom stereocenters. The van der Waals surface area contributed by atoms with Crippen molar-refractivity contribution in [2.45, 2.75) is 34.2 Å². The lowest BCUT2D eigenvalue weighted by molar-refractivity contribution is -0.137. The van der Waals surface area contributed by atoms with Gasteiger partial charge in [0.05, 0.1) is 12.3 Å². The summed E-state index contributed by atoms with van der Waals surface area (Å²) in [6.07, 6.45) is 2.98. The van der Waals surface area contributed by atoms with Gasteiger partial charge in [-0.3, -0.25) is 4.79 Å². The van der Waals surface area contributed by atoms with E-state index in [0.29, 0.717) is 11.3 Å². The highest BCUT2D eigenvalue weighted by Gasteiger charge is 2.16. The number of benzene rings is 1. The zero-order valence-corrected chi connectivity index (χ0v) is 17.0. The monoisotopic (exact) mass is 392 g/mol. The molecule has 0 fully saturated rings. The van der Waals surface area contributed by atoms with Gasteiger partial charge in [-0.25, -0.2) is 14.5 Å². The van der Waals surface area contributed by atoms with Crippen LogP contribution in [0.25, 0.3) is 22.2 Å². The molecule has 0 spiro atoms. The molecule has 0 radical (unpaired) electrons. The van der Waals surface area contributed by atoms with Crippen molar-refractivity contribution in [3.8, 4) is 11.1 Å². The molecule has 1 N–H and O–H groups in total. The molecule has 7 heteroatoms. The van der Waals surface area contributed by atoms with Gasteiger partial charge in [-0.1, -0.05) is 29.8 Å². The number of hydrogen-bond acceptors (Lipinski definition) is 5. The number of carbonyl (C=O) groups excluding carboxylic acids is 2. The number of fused-ring (bicyclic) bond motifs is 1. The number of allylic oxidation sites excluding steroid dienone is 1. The Bertz CT molecular complexity index is 1100. The number of nitrogens with zero attached hydrogens (tertiary/aromatic N) is 3. The molecule has 0 aliphatic heterocycles. The summed E-state index contributed by atoms with van der Waals surface area (Å²) in [7, 11) is 0.